The van der Waals surface area contributed by atoms with Crippen molar-refractivity contribution in [3.8, 4) is 0 Å². The van der Waals surface area contributed by atoms with Gasteiger partial charge in [0.25, 0.3) is 0 Å². The molecule has 160 valence electrons. The molecule has 0 aromatic heterocycles. The van der Waals surface area contributed by atoms with E-state index in [2.05, 4.69) is 10.6 Å². The molecule has 0 heterocycles. The second kappa shape index (κ2) is 10.4. The van der Waals surface area contributed by atoms with Crippen molar-refractivity contribution in [2.45, 2.75) is 51.3 Å². The Kier molecular flexibility index (Phi) is 7.98. The topological polar surface area (TPSA) is 111 Å². The Labute approximate surface area is 177 Å². The SMILES string of the molecule is CC(C)(C)OC(=O)N[C@H](Cc1ccccc1)C(=O)N[C@H](Cc1ccccc1)C(N)=O. The van der Waals surface area contributed by atoms with Crippen LogP contribution < -0.4 is 16.4 Å². The van der Waals surface area contributed by atoms with Crippen LogP contribution in [-0.2, 0) is 27.2 Å². The van der Waals surface area contributed by atoms with Crippen LogP contribution in [0.1, 0.15) is 31.9 Å². The second-order valence-corrected chi connectivity index (χ2v) is 8.04. The third-order valence-electron chi connectivity index (χ3n) is 4.23. The Morgan fingerprint density at radius 2 is 1.30 bits per heavy atom. The number of amides is 3. The first-order valence-corrected chi connectivity index (χ1v) is 9.81. The van der Waals surface area contributed by atoms with Gasteiger partial charge >= 0.3 is 6.09 Å². The van der Waals surface area contributed by atoms with Gasteiger partial charge in [0.1, 0.15) is 17.7 Å². The Bertz CT molecular complexity index is 848. The van der Waals surface area contributed by atoms with Gasteiger partial charge in [-0.1, -0.05) is 60.7 Å². The molecular formula is C23H29N3O4. The molecule has 0 unspecified atom stereocenters. The average molecular weight is 412 g/mol. The van der Waals surface area contributed by atoms with Crippen molar-refractivity contribution in [3.05, 3.63) is 71.8 Å². The summed E-state index contributed by atoms with van der Waals surface area (Å²) in [5.74, 6) is -1.16. The number of nitrogens with two attached hydrogens (primary N) is 1. The molecule has 2 aromatic carbocycles. The molecule has 0 aliphatic carbocycles. The Hall–Kier alpha value is -3.35. The third-order valence-corrected chi connectivity index (χ3v) is 4.23. The number of benzene rings is 2. The molecule has 0 radical (unpaired) electrons. The Morgan fingerprint density at radius 1 is 0.833 bits per heavy atom. The van der Waals surface area contributed by atoms with Gasteiger partial charge in [0.2, 0.25) is 11.8 Å². The summed E-state index contributed by atoms with van der Waals surface area (Å²) in [7, 11) is 0. The molecule has 0 aliphatic rings. The lowest BCUT2D eigenvalue weighted by atomic mass is 10.0. The fraction of sp³-hybridized carbons (Fsp3) is 0.348. The lowest BCUT2D eigenvalue weighted by molar-refractivity contribution is -0.128. The number of alkyl carbamates (subject to hydrolysis) is 1. The zero-order valence-electron chi connectivity index (χ0n) is 17.6. The fourth-order valence-electron chi connectivity index (χ4n) is 2.85. The van der Waals surface area contributed by atoms with Gasteiger partial charge in [-0.05, 0) is 31.9 Å². The lowest BCUT2D eigenvalue weighted by Gasteiger charge is -2.25. The molecule has 0 saturated carbocycles. The summed E-state index contributed by atoms with van der Waals surface area (Å²) in [5.41, 5.74) is 6.51. The predicted octanol–water partition coefficient (Wildman–Crippen LogP) is 2.34. The van der Waals surface area contributed by atoms with Crippen LogP contribution in [0.3, 0.4) is 0 Å². The van der Waals surface area contributed by atoms with Gasteiger partial charge in [-0.15, -0.1) is 0 Å². The normalized spacial score (nSPS) is 13.0. The summed E-state index contributed by atoms with van der Waals surface area (Å²) in [6, 6.07) is 16.7. The van der Waals surface area contributed by atoms with E-state index in [-0.39, 0.29) is 12.8 Å². The van der Waals surface area contributed by atoms with Crippen molar-refractivity contribution in [2.75, 3.05) is 0 Å². The van der Waals surface area contributed by atoms with Gasteiger partial charge in [0.15, 0.2) is 0 Å². The van der Waals surface area contributed by atoms with Crippen molar-refractivity contribution in [2.24, 2.45) is 5.73 Å². The summed E-state index contributed by atoms with van der Waals surface area (Å²) in [4.78, 5) is 37.2. The van der Waals surface area contributed by atoms with Gasteiger partial charge < -0.3 is 21.1 Å². The van der Waals surface area contributed by atoms with E-state index in [4.69, 9.17) is 10.5 Å². The van der Waals surface area contributed by atoms with E-state index in [1.807, 2.05) is 60.7 Å². The van der Waals surface area contributed by atoms with E-state index in [0.29, 0.717) is 0 Å². The van der Waals surface area contributed by atoms with Crippen molar-refractivity contribution >= 4 is 17.9 Å². The number of carbonyl (C=O) groups is 3. The summed E-state index contributed by atoms with van der Waals surface area (Å²) in [5, 5.41) is 5.27. The summed E-state index contributed by atoms with van der Waals surface area (Å²) in [6.45, 7) is 5.21. The minimum absolute atomic E-state index is 0.239. The van der Waals surface area contributed by atoms with E-state index < -0.39 is 35.6 Å². The molecule has 0 spiro atoms. The molecule has 0 aliphatic heterocycles. The zero-order chi connectivity index (χ0) is 22.1. The van der Waals surface area contributed by atoms with Gasteiger partial charge in [0, 0.05) is 12.8 Å². The summed E-state index contributed by atoms with van der Waals surface area (Å²) >= 11 is 0. The number of nitrogens with one attached hydrogen (secondary N) is 2. The quantitative estimate of drug-likeness (QED) is 0.619. The number of primary amides is 1. The third kappa shape index (κ3) is 7.95. The molecular weight excluding hydrogens is 382 g/mol. The first-order chi connectivity index (χ1) is 14.1. The van der Waals surface area contributed by atoms with E-state index >= 15 is 0 Å². The van der Waals surface area contributed by atoms with Crippen molar-refractivity contribution in [1.82, 2.24) is 10.6 Å². The van der Waals surface area contributed by atoms with Crippen LogP contribution in [0.4, 0.5) is 4.79 Å². The van der Waals surface area contributed by atoms with Crippen LogP contribution in [0.2, 0.25) is 0 Å². The van der Waals surface area contributed by atoms with Gasteiger partial charge in [0.05, 0.1) is 0 Å². The highest BCUT2D eigenvalue weighted by atomic mass is 16.6. The minimum atomic E-state index is -0.931. The van der Waals surface area contributed by atoms with Crippen molar-refractivity contribution in [3.63, 3.8) is 0 Å². The number of hydrogen-bond donors (Lipinski definition) is 3. The summed E-state index contributed by atoms with van der Waals surface area (Å²) in [6.07, 6.45) is -0.216. The molecule has 0 fully saturated rings. The molecule has 30 heavy (non-hydrogen) atoms. The van der Waals surface area contributed by atoms with E-state index in [1.165, 1.54) is 0 Å². The van der Waals surface area contributed by atoms with Crippen LogP contribution in [0.5, 0.6) is 0 Å². The van der Waals surface area contributed by atoms with Gasteiger partial charge in [-0.25, -0.2) is 4.79 Å². The number of hydrogen-bond acceptors (Lipinski definition) is 4. The molecule has 0 bridgehead atoms. The smallest absolute Gasteiger partial charge is 0.408 e. The first kappa shape index (κ1) is 22.9. The van der Waals surface area contributed by atoms with E-state index in [9.17, 15) is 14.4 Å². The molecule has 2 aromatic rings. The zero-order valence-corrected chi connectivity index (χ0v) is 17.6. The molecule has 7 heteroatoms. The second-order valence-electron chi connectivity index (χ2n) is 8.04. The van der Waals surface area contributed by atoms with Crippen LogP contribution in [0, 0.1) is 0 Å². The van der Waals surface area contributed by atoms with Crippen molar-refractivity contribution in [1.29, 1.82) is 0 Å². The van der Waals surface area contributed by atoms with Crippen LogP contribution >= 0.6 is 0 Å². The highest BCUT2D eigenvalue weighted by Crippen LogP contribution is 2.10. The number of rotatable bonds is 8. The fourth-order valence-corrected chi connectivity index (χ4v) is 2.85. The standard InChI is InChI=1S/C23H29N3O4/c1-23(2,3)30-22(29)26-19(15-17-12-8-5-9-13-17)21(28)25-18(20(24)27)14-16-10-6-4-7-11-16/h4-13,18-19H,14-15H2,1-3H3,(H2,24,27)(H,25,28)(H,26,29)/t18-,19-/m1/s1. The maximum absolute atomic E-state index is 13.0. The average Bonchev–Trinajstić information content (AvgIpc) is 2.67. The lowest BCUT2D eigenvalue weighted by Crippen LogP contribution is -2.54. The molecule has 3 amide bonds. The number of ether oxygens (including phenoxy) is 1. The molecule has 2 rings (SSSR count). The van der Waals surface area contributed by atoms with Crippen LogP contribution in [-0.4, -0.2) is 35.6 Å². The predicted molar refractivity (Wildman–Crippen MR) is 115 cm³/mol. The highest BCUT2D eigenvalue weighted by molar-refractivity contribution is 5.91. The molecule has 0 saturated heterocycles. The largest absolute Gasteiger partial charge is 0.444 e. The minimum Gasteiger partial charge on any atom is -0.444 e. The van der Waals surface area contributed by atoms with Crippen LogP contribution in [0.25, 0.3) is 0 Å². The first-order valence-electron chi connectivity index (χ1n) is 9.81. The highest BCUT2D eigenvalue weighted by Gasteiger charge is 2.28. The van der Waals surface area contributed by atoms with Gasteiger partial charge in [-0.2, -0.15) is 0 Å². The molecule has 4 N–H and O–H groups in total. The Balaban J connectivity index is 2.14. The number of carbonyl (C=O) groups excluding carboxylic acids is 3. The maximum atomic E-state index is 13.0. The maximum Gasteiger partial charge on any atom is 0.408 e. The van der Waals surface area contributed by atoms with Gasteiger partial charge in [-0.3, -0.25) is 9.59 Å². The monoisotopic (exact) mass is 411 g/mol. The Morgan fingerprint density at radius 3 is 1.73 bits per heavy atom. The van der Waals surface area contributed by atoms with E-state index in [0.717, 1.165) is 11.1 Å². The summed E-state index contributed by atoms with van der Waals surface area (Å²) < 4.78 is 5.28. The van der Waals surface area contributed by atoms with Crippen LogP contribution in [0.15, 0.2) is 60.7 Å². The van der Waals surface area contributed by atoms with Crippen molar-refractivity contribution < 1.29 is 19.1 Å². The molecule has 7 nitrogen and oxygen atoms in total. The molecule has 2 atom stereocenters. The van der Waals surface area contributed by atoms with E-state index in [1.54, 1.807) is 20.8 Å².